The highest BCUT2D eigenvalue weighted by molar-refractivity contribution is 7.89. The van der Waals surface area contributed by atoms with E-state index in [0.717, 1.165) is 5.56 Å². The van der Waals surface area contributed by atoms with Gasteiger partial charge in [0.1, 0.15) is 0 Å². The molecule has 0 spiro atoms. The molecule has 0 bridgehead atoms. The lowest BCUT2D eigenvalue weighted by Gasteiger charge is -2.15. The van der Waals surface area contributed by atoms with E-state index in [0.29, 0.717) is 13.0 Å². The van der Waals surface area contributed by atoms with Crippen molar-refractivity contribution in [3.05, 3.63) is 29.8 Å². The third kappa shape index (κ3) is 4.92. The molecule has 1 aromatic carbocycles. The lowest BCUT2D eigenvalue weighted by atomic mass is 10.0. The van der Waals surface area contributed by atoms with Crippen molar-refractivity contribution in [1.82, 2.24) is 5.32 Å². The zero-order valence-corrected chi connectivity index (χ0v) is 12.5. The Morgan fingerprint density at radius 1 is 1.25 bits per heavy atom. The minimum absolute atomic E-state index is 0.0795. The molecule has 0 aliphatic carbocycles. The number of nitrogens with two attached hydrogens (primary N) is 2. The molecule has 5 N–H and O–H groups in total. The van der Waals surface area contributed by atoms with Gasteiger partial charge in [-0.15, -0.1) is 0 Å². The average molecular weight is 299 g/mol. The van der Waals surface area contributed by atoms with Gasteiger partial charge >= 0.3 is 0 Å². The van der Waals surface area contributed by atoms with Crippen LogP contribution in [0.5, 0.6) is 0 Å². The van der Waals surface area contributed by atoms with E-state index in [1.54, 1.807) is 26.0 Å². The maximum absolute atomic E-state index is 11.7. The van der Waals surface area contributed by atoms with Gasteiger partial charge in [0.15, 0.2) is 0 Å². The summed E-state index contributed by atoms with van der Waals surface area (Å²) in [4.78, 5) is 11.8. The third-order valence-corrected chi connectivity index (χ3v) is 4.10. The monoisotopic (exact) mass is 299 g/mol. The van der Waals surface area contributed by atoms with E-state index in [1.165, 1.54) is 12.1 Å². The van der Waals surface area contributed by atoms with Gasteiger partial charge in [-0.25, -0.2) is 13.6 Å². The highest BCUT2D eigenvalue weighted by Crippen LogP contribution is 2.09. The van der Waals surface area contributed by atoms with E-state index in [2.05, 4.69) is 5.32 Å². The van der Waals surface area contributed by atoms with Gasteiger partial charge in [-0.1, -0.05) is 19.1 Å². The Morgan fingerprint density at radius 3 is 2.25 bits per heavy atom. The average Bonchev–Trinajstić information content (AvgIpc) is 2.37. The molecule has 20 heavy (non-hydrogen) atoms. The van der Waals surface area contributed by atoms with Gasteiger partial charge in [-0.05, 0) is 31.0 Å². The Hall–Kier alpha value is -1.44. The van der Waals surface area contributed by atoms with Crippen LogP contribution < -0.4 is 16.2 Å². The van der Waals surface area contributed by atoms with Gasteiger partial charge in [-0.3, -0.25) is 4.79 Å². The summed E-state index contributed by atoms with van der Waals surface area (Å²) in [7, 11) is -3.66. The highest BCUT2D eigenvalue weighted by Gasteiger charge is 2.16. The number of amides is 1. The number of carbonyl (C=O) groups excluding carboxylic acids is 1. The highest BCUT2D eigenvalue weighted by atomic mass is 32.2. The van der Waals surface area contributed by atoms with Gasteiger partial charge in [0, 0.05) is 18.5 Å². The number of nitrogens with one attached hydrogen (secondary N) is 1. The van der Waals surface area contributed by atoms with Crippen LogP contribution in [0.2, 0.25) is 0 Å². The van der Waals surface area contributed by atoms with Gasteiger partial charge in [0.25, 0.3) is 0 Å². The summed E-state index contributed by atoms with van der Waals surface area (Å²) in [6.07, 6.45) is 0.613. The molecule has 0 aliphatic heterocycles. The molecule has 0 saturated carbocycles. The number of sulfonamides is 1. The van der Waals surface area contributed by atoms with Crippen LogP contribution in [0.25, 0.3) is 0 Å². The molecule has 112 valence electrons. The molecule has 2 atom stereocenters. The quantitative estimate of drug-likeness (QED) is 0.684. The Bertz CT molecular complexity index is 553. The fourth-order valence-corrected chi connectivity index (χ4v) is 2.09. The molecule has 7 heteroatoms. The van der Waals surface area contributed by atoms with E-state index >= 15 is 0 Å². The SMILES string of the molecule is CC(N)C(C)C(=O)NCCc1ccc(S(N)(=O)=O)cc1. The van der Waals surface area contributed by atoms with Crippen LogP contribution in [-0.4, -0.2) is 26.9 Å². The Labute approximate surface area is 119 Å². The van der Waals surface area contributed by atoms with Gasteiger partial charge in [0.2, 0.25) is 15.9 Å². The fraction of sp³-hybridized carbons (Fsp3) is 0.462. The lowest BCUT2D eigenvalue weighted by molar-refractivity contribution is -0.124. The summed E-state index contributed by atoms with van der Waals surface area (Å²) in [5, 5.41) is 7.81. The standard InChI is InChI=1S/C13H21N3O3S/c1-9(10(2)14)13(17)16-8-7-11-3-5-12(6-4-11)20(15,18)19/h3-6,9-10H,7-8,14H2,1-2H3,(H,16,17)(H2,15,18,19). The maximum atomic E-state index is 11.7. The first-order valence-electron chi connectivity index (χ1n) is 6.37. The Balaban J connectivity index is 2.49. The van der Waals surface area contributed by atoms with Gasteiger partial charge in [0.05, 0.1) is 4.90 Å². The maximum Gasteiger partial charge on any atom is 0.238 e. The molecule has 1 aromatic rings. The first-order valence-corrected chi connectivity index (χ1v) is 7.91. The van der Waals surface area contributed by atoms with Gasteiger partial charge in [-0.2, -0.15) is 0 Å². The molecular weight excluding hydrogens is 278 g/mol. The number of primary sulfonamides is 1. The minimum atomic E-state index is -3.66. The Morgan fingerprint density at radius 2 is 1.80 bits per heavy atom. The topological polar surface area (TPSA) is 115 Å². The predicted octanol–water partition coefficient (Wildman–Crippen LogP) is -0.0240. The summed E-state index contributed by atoms with van der Waals surface area (Å²) in [5.74, 6) is -0.319. The molecule has 0 aliphatic rings. The zero-order valence-electron chi connectivity index (χ0n) is 11.7. The summed E-state index contributed by atoms with van der Waals surface area (Å²) in [6, 6.07) is 6.08. The number of hydrogen-bond acceptors (Lipinski definition) is 4. The van der Waals surface area contributed by atoms with E-state index in [4.69, 9.17) is 10.9 Å². The second-order valence-electron chi connectivity index (χ2n) is 4.88. The second kappa shape index (κ2) is 6.83. The molecule has 0 radical (unpaired) electrons. The lowest BCUT2D eigenvalue weighted by Crippen LogP contribution is -2.39. The molecule has 0 aromatic heterocycles. The molecule has 1 rings (SSSR count). The molecule has 0 saturated heterocycles. The van der Waals surface area contributed by atoms with Crippen molar-refractivity contribution in [2.45, 2.75) is 31.2 Å². The number of rotatable bonds is 6. The van der Waals surface area contributed by atoms with Crippen LogP contribution >= 0.6 is 0 Å². The first-order chi connectivity index (χ1) is 9.21. The van der Waals surface area contributed by atoms with E-state index in [1.807, 2.05) is 0 Å². The second-order valence-corrected chi connectivity index (χ2v) is 6.44. The smallest absolute Gasteiger partial charge is 0.238 e. The van der Waals surface area contributed by atoms with Crippen molar-refractivity contribution in [3.63, 3.8) is 0 Å². The molecule has 0 heterocycles. The number of benzene rings is 1. The van der Waals surface area contributed by atoms with Crippen molar-refractivity contribution in [3.8, 4) is 0 Å². The van der Waals surface area contributed by atoms with E-state index in [9.17, 15) is 13.2 Å². The zero-order chi connectivity index (χ0) is 15.3. The minimum Gasteiger partial charge on any atom is -0.355 e. The summed E-state index contributed by atoms with van der Waals surface area (Å²) in [6.45, 7) is 4.04. The fourth-order valence-electron chi connectivity index (χ4n) is 1.58. The third-order valence-electron chi connectivity index (χ3n) is 3.17. The van der Waals surface area contributed by atoms with Crippen molar-refractivity contribution in [2.24, 2.45) is 16.8 Å². The van der Waals surface area contributed by atoms with Crippen molar-refractivity contribution >= 4 is 15.9 Å². The van der Waals surface area contributed by atoms with Crippen molar-refractivity contribution < 1.29 is 13.2 Å². The first kappa shape index (κ1) is 16.6. The molecular formula is C13H21N3O3S. The number of hydrogen-bond donors (Lipinski definition) is 3. The van der Waals surface area contributed by atoms with Crippen LogP contribution in [0.1, 0.15) is 19.4 Å². The summed E-state index contributed by atoms with van der Waals surface area (Å²) < 4.78 is 22.2. The largest absolute Gasteiger partial charge is 0.355 e. The van der Waals surface area contributed by atoms with Crippen molar-refractivity contribution in [2.75, 3.05) is 6.54 Å². The molecule has 6 nitrogen and oxygen atoms in total. The van der Waals surface area contributed by atoms with Crippen LogP contribution in [0, 0.1) is 5.92 Å². The van der Waals surface area contributed by atoms with Crippen molar-refractivity contribution in [1.29, 1.82) is 0 Å². The van der Waals surface area contributed by atoms with Crippen LogP contribution in [0.15, 0.2) is 29.2 Å². The molecule has 1 amide bonds. The molecule has 2 unspecified atom stereocenters. The predicted molar refractivity (Wildman–Crippen MR) is 77.3 cm³/mol. The summed E-state index contributed by atoms with van der Waals surface area (Å²) >= 11 is 0. The molecule has 0 fully saturated rings. The normalized spacial score (nSPS) is 14.6. The number of carbonyl (C=O) groups is 1. The summed E-state index contributed by atoms with van der Waals surface area (Å²) in [5.41, 5.74) is 6.57. The Kier molecular flexibility index (Phi) is 5.67. The van der Waals surface area contributed by atoms with Crippen LogP contribution in [-0.2, 0) is 21.2 Å². The van der Waals surface area contributed by atoms with E-state index < -0.39 is 10.0 Å². The van der Waals surface area contributed by atoms with Crippen LogP contribution in [0.4, 0.5) is 0 Å². The van der Waals surface area contributed by atoms with Gasteiger partial charge < -0.3 is 11.1 Å². The van der Waals surface area contributed by atoms with Crippen LogP contribution in [0.3, 0.4) is 0 Å². The van der Waals surface area contributed by atoms with E-state index in [-0.39, 0.29) is 22.8 Å².